The van der Waals surface area contributed by atoms with Crippen molar-refractivity contribution in [1.29, 1.82) is 0 Å². The van der Waals surface area contributed by atoms with Gasteiger partial charge in [-0.1, -0.05) is 56.5 Å². The second kappa shape index (κ2) is 6.93. The molecule has 0 aromatic heterocycles. The van der Waals surface area contributed by atoms with Crippen molar-refractivity contribution in [2.24, 2.45) is 5.92 Å². The van der Waals surface area contributed by atoms with E-state index in [-0.39, 0.29) is 0 Å². The van der Waals surface area contributed by atoms with Gasteiger partial charge in [0.2, 0.25) is 0 Å². The second-order valence-electron chi connectivity index (χ2n) is 4.33. The van der Waals surface area contributed by atoms with Crippen LogP contribution in [0, 0.1) is 5.92 Å². The van der Waals surface area contributed by atoms with E-state index in [2.05, 4.69) is 32.2 Å². The van der Waals surface area contributed by atoms with Crippen LogP contribution < -0.4 is 5.32 Å². The van der Waals surface area contributed by atoms with Crippen LogP contribution in [-0.2, 0) is 0 Å². The Balaban J connectivity index is 2.52. The van der Waals surface area contributed by atoms with Crippen molar-refractivity contribution in [2.75, 3.05) is 6.54 Å². The molecule has 0 saturated carbocycles. The van der Waals surface area contributed by atoms with Crippen LogP contribution in [0.2, 0.25) is 5.02 Å². The predicted octanol–water partition coefficient (Wildman–Crippen LogP) is 4.43. The number of nitrogens with one attached hydrogen (secondary N) is 1. The van der Waals surface area contributed by atoms with Gasteiger partial charge < -0.3 is 5.32 Å². The van der Waals surface area contributed by atoms with E-state index in [0.29, 0.717) is 6.04 Å². The topological polar surface area (TPSA) is 12.0 Å². The molecule has 0 heterocycles. The first-order chi connectivity index (χ1) is 7.69. The molecule has 0 aliphatic rings. The van der Waals surface area contributed by atoms with E-state index in [0.717, 1.165) is 17.5 Å². The molecule has 1 aromatic rings. The molecule has 1 N–H and O–H groups in total. The lowest BCUT2D eigenvalue weighted by atomic mass is 10.0. The van der Waals surface area contributed by atoms with Gasteiger partial charge in [0.05, 0.1) is 0 Å². The van der Waals surface area contributed by atoms with Crippen molar-refractivity contribution in [1.82, 2.24) is 5.32 Å². The van der Waals surface area contributed by atoms with Gasteiger partial charge in [0.1, 0.15) is 0 Å². The van der Waals surface area contributed by atoms with Crippen molar-refractivity contribution in [3.05, 3.63) is 34.9 Å². The summed E-state index contributed by atoms with van der Waals surface area (Å²) in [7, 11) is 0. The highest BCUT2D eigenvalue weighted by Crippen LogP contribution is 2.22. The second-order valence-corrected chi connectivity index (χ2v) is 4.74. The molecule has 1 atom stereocenters. The van der Waals surface area contributed by atoms with Crippen LogP contribution >= 0.6 is 11.6 Å². The number of benzene rings is 1. The molecule has 0 spiro atoms. The maximum Gasteiger partial charge on any atom is 0.0453 e. The number of rotatable bonds is 6. The van der Waals surface area contributed by atoms with E-state index >= 15 is 0 Å². The fourth-order valence-electron chi connectivity index (χ4n) is 1.86. The molecule has 2 heteroatoms. The SMILES string of the molecule is CCC(CC)CN[C@H](C)c1ccccc1Cl. The molecule has 0 amide bonds. The Morgan fingerprint density at radius 3 is 2.38 bits per heavy atom. The van der Waals surface area contributed by atoms with E-state index in [9.17, 15) is 0 Å². The Labute approximate surface area is 104 Å². The summed E-state index contributed by atoms with van der Waals surface area (Å²) >= 11 is 6.16. The van der Waals surface area contributed by atoms with Gasteiger partial charge in [0, 0.05) is 11.1 Å². The Kier molecular flexibility index (Phi) is 5.86. The molecule has 1 nitrogen and oxygen atoms in total. The predicted molar refractivity (Wildman–Crippen MR) is 71.9 cm³/mol. The zero-order valence-electron chi connectivity index (χ0n) is 10.5. The standard InChI is InChI=1S/C14H22ClN/c1-4-12(5-2)10-16-11(3)13-8-6-7-9-14(13)15/h6-9,11-12,16H,4-5,10H2,1-3H3/t11-/m1/s1. The minimum Gasteiger partial charge on any atom is -0.310 e. The summed E-state index contributed by atoms with van der Waals surface area (Å²) < 4.78 is 0. The molecule has 0 aliphatic carbocycles. The third-order valence-corrected chi connectivity index (χ3v) is 3.58. The number of halogens is 1. The summed E-state index contributed by atoms with van der Waals surface area (Å²) in [5, 5.41) is 4.41. The van der Waals surface area contributed by atoms with Crippen LogP contribution in [-0.4, -0.2) is 6.54 Å². The van der Waals surface area contributed by atoms with Gasteiger partial charge in [0.15, 0.2) is 0 Å². The summed E-state index contributed by atoms with van der Waals surface area (Å²) in [6.45, 7) is 7.73. The summed E-state index contributed by atoms with van der Waals surface area (Å²) in [5.74, 6) is 0.768. The third-order valence-electron chi connectivity index (χ3n) is 3.24. The maximum absolute atomic E-state index is 6.16. The Morgan fingerprint density at radius 1 is 1.19 bits per heavy atom. The lowest BCUT2D eigenvalue weighted by Crippen LogP contribution is -2.25. The van der Waals surface area contributed by atoms with Crippen LogP contribution in [0.25, 0.3) is 0 Å². The van der Waals surface area contributed by atoms with Crippen LogP contribution in [0.5, 0.6) is 0 Å². The van der Waals surface area contributed by atoms with Crippen molar-refractivity contribution in [2.45, 2.75) is 39.7 Å². The van der Waals surface area contributed by atoms with Crippen LogP contribution in [0.15, 0.2) is 24.3 Å². The Hall–Kier alpha value is -0.530. The first-order valence-corrected chi connectivity index (χ1v) is 6.54. The summed E-state index contributed by atoms with van der Waals surface area (Å²) in [6.07, 6.45) is 2.47. The minimum absolute atomic E-state index is 0.328. The van der Waals surface area contributed by atoms with Gasteiger partial charge in [-0.15, -0.1) is 0 Å². The molecule has 1 rings (SSSR count). The lowest BCUT2D eigenvalue weighted by molar-refractivity contribution is 0.422. The minimum atomic E-state index is 0.328. The lowest BCUT2D eigenvalue weighted by Gasteiger charge is -2.19. The molecule has 0 aliphatic heterocycles. The zero-order chi connectivity index (χ0) is 12.0. The average Bonchev–Trinajstić information content (AvgIpc) is 2.30. The van der Waals surface area contributed by atoms with Crippen molar-refractivity contribution < 1.29 is 0 Å². The molecule has 0 bridgehead atoms. The zero-order valence-corrected chi connectivity index (χ0v) is 11.2. The molecule has 0 radical (unpaired) electrons. The third kappa shape index (κ3) is 3.80. The molecular weight excluding hydrogens is 218 g/mol. The molecular formula is C14H22ClN. The van der Waals surface area contributed by atoms with Gasteiger partial charge >= 0.3 is 0 Å². The maximum atomic E-state index is 6.16. The molecule has 0 fully saturated rings. The Morgan fingerprint density at radius 2 is 1.81 bits per heavy atom. The highest BCUT2D eigenvalue weighted by atomic mass is 35.5. The Bertz CT molecular complexity index is 307. The van der Waals surface area contributed by atoms with Gasteiger partial charge in [-0.3, -0.25) is 0 Å². The van der Waals surface area contributed by atoms with Crippen molar-refractivity contribution >= 4 is 11.6 Å². The average molecular weight is 240 g/mol. The van der Waals surface area contributed by atoms with E-state index in [1.54, 1.807) is 0 Å². The summed E-state index contributed by atoms with van der Waals surface area (Å²) in [4.78, 5) is 0. The van der Waals surface area contributed by atoms with Crippen LogP contribution in [0.4, 0.5) is 0 Å². The molecule has 0 saturated heterocycles. The van der Waals surface area contributed by atoms with Gasteiger partial charge in [-0.05, 0) is 31.0 Å². The van der Waals surface area contributed by atoms with Crippen LogP contribution in [0.3, 0.4) is 0 Å². The van der Waals surface area contributed by atoms with E-state index in [1.165, 1.54) is 18.4 Å². The van der Waals surface area contributed by atoms with E-state index in [1.807, 2.05) is 18.2 Å². The van der Waals surface area contributed by atoms with Gasteiger partial charge in [-0.2, -0.15) is 0 Å². The van der Waals surface area contributed by atoms with Crippen molar-refractivity contribution in [3.8, 4) is 0 Å². The summed E-state index contributed by atoms with van der Waals surface area (Å²) in [6, 6.07) is 8.38. The first-order valence-electron chi connectivity index (χ1n) is 6.16. The fraction of sp³-hybridized carbons (Fsp3) is 0.571. The quantitative estimate of drug-likeness (QED) is 0.775. The van der Waals surface area contributed by atoms with Gasteiger partial charge in [-0.25, -0.2) is 0 Å². The first kappa shape index (κ1) is 13.5. The van der Waals surface area contributed by atoms with Crippen molar-refractivity contribution in [3.63, 3.8) is 0 Å². The van der Waals surface area contributed by atoms with Crippen LogP contribution in [0.1, 0.15) is 45.2 Å². The summed E-state index contributed by atoms with van der Waals surface area (Å²) in [5.41, 5.74) is 1.19. The smallest absolute Gasteiger partial charge is 0.0453 e. The van der Waals surface area contributed by atoms with Gasteiger partial charge in [0.25, 0.3) is 0 Å². The fourth-order valence-corrected chi connectivity index (χ4v) is 2.16. The highest BCUT2D eigenvalue weighted by molar-refractivity contribution is 6.31. The van der Waals surface area contributed by atoms with E-state index < -0.39 is 0 Å². The normalized spacial score (nSPS) is 13.1. The largest absolute Gasteiger partial charge is 0.310 e. The molecule has 1 aromatic carbocycles. The van der Waals surface area contributed by atoms with E-state index in [4.69, 9.17) is 11.6 Å². The number of hydrogen-bond acceptors (Lipinski definition) is 1. The molecule has 90 valence electrons. The monoisotopic (exact) mass is 239 g/mol. The number of hydrogen-bond donors (Lipinski definition) is 1. The molecule has 0 unspecified atom stereocenters. The highest BCUT2D eigenvalue weighted by Gasteiger charge is 2.10. The molecule has 16 heavy (non-hydrogen) atoms.